The highest BCUT2D eigenvalue weighted by Gasteiger charge is 2.34. The molecule has 13 heteroatoms. The molecule has 1 saturated heterocycles. The largest absolute Gasteiger partial charge is 0.496 e. The van der Waals surface area contributed by atoms with Gasteiger partial charge in [0, 0.05) is 43.0 Å². The lowest BCUT2D eigenvalue weighted by atomic mass is 10.00. The van der Waals surface area contributed by atoms with Crippen LogP contribution in [0, 0.1) is 23.0 Å². The minimum Gasteiger partial charge on any atom is -0.496 e. The van der Waals surface area contributed by atoms with Crippen LogP contribution < -0.4 is 15.4 Å². The third-order valence-corrected chi connectivity index (χ3v) is 7.66. The summed E-state index contributed by atoms with van der Waals surface area (Å²) in [5.41, 5.74) is 7.71. The second-order valence-electron chi connectivity index (χ2n) is 10.4. The Labute approximate surface area is 250 Å². The summed E-state index contributed by atoms with van der Waals surface area (Å²) in [7, 11) is 1.39. The van der Waals surface area contributed by atoms with Gasteiger partial charge in [0.15, 0.2) is 11.6 Å². The van der Waals surface area contributed by atoms with Crippen molar-refractivity contribution < 1.29 is 23.4 Å². The van der Waals surface area contributed by atoms with Crippen LogP contribution in [0.1, 0.15) is 28.0 Å². The molecular formula is C31H26F2N8O3. The minimum atomic E-state index is -0.673. The van der Waals surface area contributed by atoms with Gasteiger partial charge < -0.3 is 20.5 Å². The summed E-state index contributed by atoms with van der Waals surface area (Å²) in [4.78, 5) is 28.0. The number of benzene rings is 2. The van der Waals surface area contributed by atoms with E-state index in [9.17, 15) is 19.6 Å². The molecule has 0 bridgehead atoms. The van der Waals surface area contributed by atoms with Crippen LogP contribution in [0.3, 0.4) is 0 Å². The van der Waals surface area contributed by atoms with Crippen LogP contribution in [-0.2, 0) is 6.42 Å². The van der Waals surface area contributed by atoms with E-state index in [1.54, 1.807) is 12.1 Å². The number of aliphatic hydroxyl groups is 1. The van der Waals surface area contributed by atoms with Crippen molar-refractivity contribution in [3.63, 3.8) is 0 Å². The lowest BCUT2D eigenvalue weighted by Crippen LogP contribution is -2.34. The molecule has 4 heterocycles. The van der Waals surface area contributed by atoms with E-state index in [2.05, 4.69) is 20.1 Å². The lowest BCUT2D eigenvalue weighted by Gasteiger charge is -2.28. The molecule has 0 unspecified atom stereocenters. The van der Waals surface area contributed by atoms with Crippen LogP contribution in [-0.4, -0.2) is 68.0 Å². The van der Waals surface area contributed by atoms with Gasteiger partial charge in [-0.3, -0.25) is 9.78 Å². The number of rotatable bonds is 8. The predicted molar refractivity (Wildman–Crippen MR) is 156 cm³/mol. The number of fused-ring (bicyclic) bond motifs is 1. The SMILES string of the molecule is COc1cccc(F)c1-c1nccc(C(=O)Cc2cc(F)c3c(cnn3-c3ccncc3C#N)c2N2C[C@@H](N)C[C@H]2CO)n1. The van der Waals surface area contributed by atoms with Crippen molar-refractivity contribution in [1.29, 1.82) is 5.26 Å². The number of nitriles is 1. The standard InChI is InChI=1S/C31H26F2N8O3/c1-44-27-4-2-3-22(32)28(27)31-37-8-5-24(39-31)26(43)10-17-9-23(33)30-21(29(17)40-15-19(35)11-20(40)16-42)14-38-41(30)25-6-7-36-13-18(25)12-34/h2-9,13-14,19-20,42H,10-11,15-16,35H2,1H3/t19-,20-/m0/s1. The summed E-state index contributed by atoms with van der Waals surface area (Å²) >= 11 is 0. The first-order valence-electron chi connectivity index (χ1n) is 13.7. The number of hydrogen-bond acceptors (Lipinski definition) is 10. The number of carbonyl (C=O) groups excluding carboxylic acids is 1. The number of nitrogens with zero attached hydrogens (tertiary/aromatic N) is 7. The summed E-state index contributed by atoms with van der Waals surface area (Å²) in [5, 5.41) is 24.6. The monoisotopic (exact) mass is 596 g/mol. The van der Waals surface area contributed by atoms with Crippen LogP contribution in [0.4, 0.5) is 14.5 Å². The fourth-order valence-corrected chi connectivity index (χ4v) is 5.72. The molecule has 0 aliphatic carbocycles. The van der Waals surface area contributed by atoms with Gasteiger partial charge in [0.05, 0.1) is 48.5 Å². The van der Waals surface area contributed by atoms with Crippen LogP contribution in [0.15, 0.2) is 61.2 Å². The summed E-state index contributed by atoms with van der Waals surface area (Å²) in [6.45, 7) is 0.137. The highest BCUT2D eigenvalue weighted by molar-refractivity contribution is 6.01. The van der Waals surface area contributed by atoms with Gasteiger partial charge in [-0.25, -0.2) is 23.4 Å². The Morgan fingerprint density at radius 3 is 2.82 bits per heavy atom. The van der Waals surface area contributed by atoms with Gasteiger partial charge in [0.25, 0.3) is 0 Å². The van der Waals surface area contributed by atoms with E-state index in [1.807, 2.05) is 11.0 Å². The number of carbonyl (C=O) groups is 1. The van der Waals surface area contributed by atoms with Gasteiger partial charge in [-0.2, -0.15) is 10.4 Å². The normalized spacial score (nSPS) is 16.3. The highest BCUT2D eigenvalue weighted by atomic mass is 19.1. The van der Waals surface area contributed by atoms with Gasteiger partial charge in [-0.05, 0) is 42.3 Å². The van der Waals surface area contributed by atoms with Crippen molar-refractivity contribution in [3.05, 3.63) is 89.6 Å². The topological polar surface area (TPSA) is 156 Å². The minimum absolute atomic E-state index is 0.00487. The quantitative estimate of drug-likeness (QED) is 0.255. The maximum absolute atomic E-state index is 16.0. The van der Waals surface area contributed by atoms with Crippen molar-refractivity contribution >= 4 is 22.4 Å². The number of aromatic nitrogens is 5. The Balaban J connectivity index is 1.47. The number of hydrogen-bond donors (Lipinski definition) is 2. The molecule has 1 aliphatic heterocycles. The molecule has 2 atom stereocenters. The van der Waals surface area contributed by atoms with Crippen LogP contribution >= 0.6 is 0 Å². The zero-order valence-electron chi connectivity index (χ0n) is 23.5. The Kier molecular flexibility index (Phi) is 7.69. The summed E-state index contributed by atoms with van der Waals surface area (Å²) in [6.07, 6.45) is 5.86. The number of halogens is 2. The molecule has 0 spiro atoms. The molecule has 1 fully saturated rings. The van der Waals surface area contributed by atoms with E-state index in [1.165, 1.54) is 60.8 Å². The van der Waals surface area contributed by atoms with Crippen molar-refractivity contribution in [2.45, 2.75) is 24.9 Å². The third kappa shape index (κ3) is 5.00. The Hall–Kier alpha value is -5.32. The Morgan fingerprint density at radius 2 is 2.05 bits per heavy atom. The molecule has 3 N–H and O–H groups in total. The Bertz CT molecular complexity index is 1940. The zero-order chi connectivity index (χ0) is 31.0. The second kappa shape index (κ2) is 11.8. The highest BCUT2D eigenvalue weighted by Crippen LogP contribution is 2.39. The fourth-order valence-electron chi connectivity index (χ4n) is 5.72. The van der Waals surface area contributed by atoms with Gasteiger partial charge in [0.2, 0.25) is 0 Å². The number of Topliss-reactive ketones (excluding diaryl/α,β-unsaturated/α-hetero) is 1. The molecule has 0 saturated carbocycles. The van der Waals surface area contributed by atoms with Gasteiger partial charge >= 0.3 is 0 Å². The molecule has 2 aromatic carbocycles. The third-order valence-electron chi connectivity index (χ3n) is 7.66. The van der Waals surface area contributed by atoms with Crippen LogP contribution in [0.2, 0.25) is 0 Å². The molecule has 44 heavy (non-hydrogen) atoms. The van der Waals surface area contributed by atoms with Crippen molar-refractivity contribution in [3.8, 4) is 28.9 Å². The maximum Gasteiger partial charge on any atom is 0.185 e. The second-order valence-corrected chi connectivity index (χ2v) is 10.4. The number of ether oxygens (including phenoxy) is 1. The van der Waals surface area contributed by atoms with Crippen molar-refractivity contribution in [2.24, 2.45) is 5.73 Å². The number of aliphatic hydroxyl groups excluding tert-OH is 1. The number of ketones is 1. The molecule has 0 amide bonds. The van der Waals surface area contributed by atoms with E-state index < -0.39 is 17.4 Å². The van der Waals surface area contributed by atoms with Crippen molar-refractivity contribution in [1.82, 2.24) is 24.7 Å². The lowest BCUT2D eigenvalue weighted by molar-refractivity contribution is 0.0988. The number of methoxy groups -OCH3 is 1. The van der Waals surface area contributed by atoms with Gasteiger partial charge in [-0.1, -0.05) is 6.07 Å². The smallest absolute Gasteiger partial charge is 0.185 e. The molecular weight excluding hydrogens is 570 g/mol. The first-order valence-corrected chi connectivity index (χ1v) is 13.7. The van der Waals surface area contributed by atoms with Crippen molar-refractivity contribution in [2.75, 3.05) is 25.2 Å². The average Bonchev–Trinajstić information content (AvgIpc) is 3.65. The van der Waals surface area contributed by atoms with E-state index >= 15 is 4.39 Å². The molecule has 1 aliphatic rings. The Morgan fingerprint density at radius 1 is 1.20 bits per heavy atom. The zero-order valence-corrected chi connectivity index (χ0v) is 23.5. The number of pyridine rings is 1. The van der Waals surface area contributed by atoms with Crippen LogP contribution in [0.5, 0.6) is 5.75 Å². The molecule has 3 aromatic heterocycles. The maximum atomic E-state index is 16.0. The molecule has 11 nitrogen and oxygen atoms in total. The first kappa shape index (κ1) is 28.8. The van der Waals surface area contributed by atoms with Gasteiger partial charge in [-0.15, -0.1) is 0 Å². The predicted octanol–water partition coefficient (Wildman–Crippen LogP) is 3.36. The summed E-state index contributed by atoms with van der Waals surface area (Å²) < 4.78 is 37.3. The van der Waals surface area contributed by atoms with E-state index in [0.29, 0.717) is 35.3 Å². The van der Waals surface area contributed by atoms with Gasteiger partial charge in [0.1, 0.15) is 34.7 Å². The fraction of sp³-hybridized carbons (Fsp3) is 0.226. The number of nitrogens with two attached hydrogens (primary N) is 1. The first-order chi connectivity index (χ1) is 21.3. The summed E-state index contributed by atoms with van der Waals surface area (Å²) in [5.74, 6) is -1.59. The number of anilines is 1. The summed E-state index contributed by atoms with van der Waals surface area (Å²) in [6, 6.07) is 9.90. The average molecular weight is 597 g/mol. The van der Waals surface area contributed by atoms with E-state index in [4.69, 9.17) is 10.5 Å². The molecule has 6 rings (SSSR count). The van der Waals surface area contributed by atoms with E-state index in [0.717, 1.165) is 0 Å². The molecule has 222 valence electrons. The molecule has 0 radical (unpaired) electrons. The van der Waals surface area contributed by atoms with E-state index in [-0.39, 0.29) is 59.0 Å². The van der Waals surface area contributed by atoms with Crippen LogP contribution in [0.25, 0.3) is 28.0 Å². The molecule has 5 aromatic rings.